The number of carboxylic acid groups (broad SMARTS) is 1. The molecule has 0 atom stereocenters. The summed E-state index contributed by atoms with van der Waals surface area (Å²) in [4.78, 5) is 26.2. The number of aliphatic carboxylic acids is 1. The maximum Gasteiger partial charge on any atom is 0.319 e. The molecule has 0 unspecified atom stereocenters. The first-order valence-electron chi connectivity index (χ1n) is 6.10. The number of halogens is 1. The van der Waals surface area contributed by atoms with Gasteiger partial charge in [0.15, 0.2) is 5.69 Å². The average Bonchev–Trinajstić information content (AvgIpc) is 2.36. The minimum atomic E-state index is -0.923. The van der Waals surface area contributed by atoms with Gasteiger partial charge < -0.3 is 15.7 Å². The van der Waals surface area contributed by atoms with Crippen LogP contribution in [0.4, 0.5) is 10.5 Å². The van der Waals surface area contributed by atoms with Gasteiger partial charge in [-0.2, -0.15) is 5.26 Å². The summed E-state index contributed by atoms with van der Waals surface area (Å²) in [7, 11) is 0. The number of hydrogen-bond acceptors (Lipinski definition) is 4. The Kier molecular flexibility index (Phi) is 5.50. The van der Waals surface area contributed by atoms with E-state index in [0.717, 1.165) is 0 Å². The number of nitriles is 1. The molecule has 1 aromatic heterocycles. The van der Waals surface area contributed by atoms with Crippen molar-refractivity contribution in [2.75, 3.05) is 5.32 Å². The van der Waals surface area contributed by atoms with E-state index in [4.69, 9.17) is 22.0 Å². The lowest BCUT2D eigenvalue weighted by Crippen LogP contribution is -2.45. The monoisotopic (exact) mass is 310 g/mol. The lowest BCUT2D eigenvalue weighted by atomic mass is 9.99. The van der Waals surface area contributed by atoms with E-state index in [9.17, 15) is 9.59 Å². The molecule has 112 valence electrons. The summed E-state index contributed by atoms with van der Waals surface area (Å²) in [6.45, 7) is 3.44. The Labute approximate surface area is 126 Å². The highest BCUT2D eigenvalue weighted by Gasteiger charge is 2.21. The van der Waals surface area contributed by atoms with Crippen LogP contribution in [0.1, 0.15) is 32.4 Å². The predicted octanol–water partition coefficient (Wildman–Crippen LogP) is 2.37. The Morgan fingerprint density at radius 3 is 2.71 bits per heavy atom. The van der Waals surface area contributed by atoms with Crippen LogP contribution < -0.4 is 10.6 Å². The van der Waals surface area contributed by atoms with E-state index in [1.54, 1.807) is 13.8 Å². The van der Waals surface area contributed by atoms with Crippen molar-refractivity contribution in [3.63, 3.8) is 0 Å². The highest BCUT2D eigenvalue weighted by atomic mass is 35.5. The number of carbonyl (C=O) groups excluding carboxylic acids is 1. The third kappa shape index (κ3) is 5.67. The molecular formula is C13H15ClN4O3. The molecule has 0 aliphatic carbocycles. The summed E-state index contributed by atoms with van der Waals surface area (Å²) in [5.41, 5.74) is -0.262. The molecule has 0 fully saturated rings. The first kappa shape index (κ1) is 16.7. The summed E-state index contributed by atoms with van der Waals surface area (Å²) in [5, 5.41) is 22.7. The number of urea groups is 1. The van der Waals surface area contributed by atoms with Gasteiger partial charge in [0, 0.05) is 12.0 Å². The van der Waals surface area contributed by atoms with Gasteiger partial charge in [-0.1, -0.05) is 11.6 Å². The van der Waals surface area contributed by atoms with Crippen molar-refractivity contribution in [2.24, 2.45) is 0 Å². The van der Waals surface area contributed by atoms with Crippen LogP contribution in [0.25, 0.3) is 0 Å². The molecule has 1 aromatic rings. The second kappa shape index (κ2) is 6.90. The van der Waals surface area contributed by atoms with Gasteiger partial charge in [-0.15, -0.1) is 0 Å². The first-order chi connectivity index (χ1) is 9.73. The van der Waals surface area contributed by atoms with Crippen LogP contribution in [-0.4, -0.2) is 27.6 Å². The van der Waals surface area contributed by atoms with Crippen LogP contribution in [0.3, 0.4) is 0 Å². The second-order valence-electron chi connectivity index (χ2n) is 5.02. The number of nitrogens with one attached hydrogen (secondary N) is 2. The first-order valence-corrected chi connectivity index (χ1v) is 6.48. The zero-order valence-electron chi connectivity index (χ0n) is 11.6. The number of carboxylic acids is 1. The van der Waals surface area contributed by atoms with E-state index in [2.05, 4.69) is 15.6 Å². The lowest BCUT2D eigenvalue weighted by molar-refractivity contribution is -0.137. The Morgan fingerprint density at radius 2 is 2.19 bits per heavy atom. The zero-order chi connectivity index (χ0) is 16.0. The number of hydrogen-bond donors (Lipinski definition) is 3. The maximum absolute atomic E-state index is 11.8. The van der Waals surface area contributed by atoms with Crippen LogP contribution in [0.5, 0.6) is 0 Å². The SMILES string of the molecule is CC(C)(CCC(=O)O)NC(=O)Nc1cnc(C#N)c(Cl)c1. The van der Waals surface area contributed by atoms with Crippen LogP contribution in [0.2, 0.25) is 5.02 Å². The second-order valence-corrected chi connectivity index (χ2v) is 5.43. The van der Waals surface area contributed by atoms with Gasteiger partial charge >= 0.3 is 12.0 Å². The van der Waals surface area contributed by atoms with Gasteiger partial charge in [-0.05, 0) is 26.3 Å². The summed E-state index contributed by atoms with van der Waals surface area (Å²) >= 11 is 5.81. The van der Waals surface area contributed by atoms with E-state index in [0.29, 0.717) is 12.1 Å². The molecule has 0 aliphatic heterocycles. The van der Waals surface area contributed by atoms with Crippen molar-refractivity contribution in [2.45, 2.75) is 32.2 Å². The summed E-state index contributed by atoms with van der Waals surface area (Å²) < 4.78 is 0. The van der Waals surface area contributed by atoms with E-state index >= 15 is 0 Å². The predicted molar refractivity (Wildman–Crippen MR) is 77.1 cm³/mol. The quantitative estimate of drug-likeness (QED) is 0.772. The Morgan fingerprint density at radius 1 is 1.52 bits per heavy atom. The fourth-order valence-corrected chi connectivity index (χ4v) is 1.75. The van der Waals surface area contributed by atoms with Gasteiger partial charge in [0.25, 0.3) is 0 Å². The number of pyridine rings is 1. The summed E-state index contributed by atoms with van der Waals surface area (Å²) in [6, 6.07) is 2.72. The van der Waals surface area contributed by atoms with Gasteiger partial charge in [-0.3, -0.25) is 4.79 Å². The molecule has 0 saturated heterocycles. The fraction of sp³-hybridized carbons (Fsp3) is 0.385. The van der Waals surface area contributed by atoms with Crippen molar-refractivity contribution in [1.82, 2.24) is 10.3 Å². The molecule has 7 nitrogen and oxygen atoms in total. The minimum Gasteiger partial charge on any atom is -0.481 e. The largest absolute Gasteiger partial charge is 0.481 e. The van der Waals surface area contributed by atoms with Crippen LogP contribution in [0, 0.1) is 11.3 Å². The van der Waals surface area contributed by atoms with Crippen molar-refractivity contribution < 1.29 is 14.7 Å². The molecule has 1 rings (SSSR count). The number of rotatable bonds is 5. The van der Waals surface area contributed by atoms with Gasteiger partial charge in [0.2, 0.25) is 0 Å². The molecule has 21 heavy (non-hydrogen) atoms. The van der Waals surface area contributed by atoms with Gasteiger partial charge in [-0.25, -0.2) is 9.78 Å². The molecule has 2 amide bonds. The van der Waals surface area contributed by atoms with E-state index < -0.39 is 17.5 Å². The van der Waals surface area contributed by atoms with Crippen LogP contribution in [0.15, 0.2) is 12.3 Å². The molecule has 8 heteroatoms. The fourth-order valence-electron chi connectivity index (χ4n) is 1.54. The van der Waals surface area contributed by atoms with Crippen LogP contribution in [-0.2, 0) is 4.79 Å². The van der Waals surface area contributed by atoms with Crippen molar-refractivity contribution in [3.05, 3.63) is 23.0 Å². The van der Waals surface area contributed by atoms with Crippen LogP contribution >= 0.6 is 11.6 Å². The highest BCUT2D eigenvalue weighted by Crippen LogP contribution is 2.18. The topological polar surface area (TPSA) is 115 Å². The number of amides is 2. The molecule has 0 bridgehead atoms. The smallest absolute Gasteiger partial charge is 0.319 e. The summed E-state index contributed by atoms with van der Waals surface area (Å²) in [6.07, 6.45) is 1.56. The van der Waals surface area contributed by atoms with Crippen molar-refractivity contribution in [1.29, 1.82) is 5.26 Å². The number of carbonyl (C=O) groups is 2. The summed E-state index contributed by atoms with van der Waals surface area (Å²) in [5.74, 6) is -0.923. The van der Waals surface area contributed by atoms with Gasteiger partial charge in [0.05, 0.1) is 16.9 Å². The molecular weight excluding hydrogens is 296 g/mol. The highest BCUT2D eigenvalue weighted by molar-refractivity contribution is 6.31. The van der Waals surface area contributed by atoms with Gasteiger partial charge in [0.1, 0.15) is 6.07 Å². The zero-order valence-corrected chi connectivity index (χ0v) is 12.4. The lowest BCUT2D eigenvalue weighted by Gasteiger charge is -2.25. The van der Waals surface area contributed by atoms with E-state index in [-0.39, 0.29) is 17.1 Å². The third-order valence-electron chi connectivity index (χ3n) is 2.62. The number of nitrogens with zero attached hydrogens (tertiary/aromatic N) is 2. The maximum atomic E-state index is 11.8. The Bertz CT molecular complexity index is 596. The molecule has 0 radical (unpaired) electrons. The molecule has 0 saturated carbocycles. The molecule has 0 spiro atoms. The molecule has 0 aliphatic rings. The third-order valence-corrected chi connectivity index (χ3v) is 2.91. The normalized spacial score (nSPS) is 10.6. The standard InChI is InChI=1S/C13H15ClN4O3/c1-13(2,4-3-11(19)20)18-12(21)17-8-5-9(14)10(6-15)16-7-8/h5,7H,3-4H2,1-2H3,(H,19,20)(H2,17,18,21). The molecule has 0 aromatic carbocycles. The Hall–Kier alpha value is -2.33. The van der Waals surface area contributed by atoms with Crippen molar-refractivity contribution >= 4 is 29.3 Å². The molecule has 1 heterocycles. The Balaban J connectivity index is 2.63. The van der Waals surface area contributed by atoms with E-state index in [1.165, 1.54) is 12.3 Å². The van der Waals surface area contributed by atoms with Crippen molar-refractivity contribution in [3.8, 4) is 6.07 Å². The molecule has 3 N–H and O–H groups in total. The number of anilines is 1. The average molecular weight is 311 g/mol. The minimum absolute atomic E-state index is 0.0441. The van der Waals surface area contributed by atoms with E-state index in [1.807, 2.05) is 6.07 Å². The number of aromatic nitrogens is 1.